The first-order valence-corrected chi connectivity index (χ1v) is 19.7. The molecule has 0 aliphatic rings. The molecule has 4 rings (SSSR count). The first-order chi connectivity index (χ1) is 18.0. The quantitative estimate of drug-likeness (QED) is 0.150. The van der Waals surface area contributed by atoms with Gasteiger partial charge < -0.3 is 0 Å². The molecular formula is C29H32F4N4Si2. The summed E-state index contributed by atoms with van der Waals surface area (Å²) < 4.78 is 56.6. The minimum absolute atomic E-state index is 0.109. The molecule has 0 amide bonds. The van der Waals surface area contributed by atoms with Gasteiger partial charge in [0.05, 0.1) is 50.1 Å². The van der Waals surface area contributed by atoms with E-state index < -0.39 is 45.4 Å². The molecule has 0 bridgehead atoms. The van der Waals surface area contributed by atoms with Gasteiger partial charge in [-0.3, -0.25) is 9.97 Å². The molecule has 0 fully saturated rings. The highest BCUT2D eigenvalue weighted by atomic mass is 28.3. The Hall–Kier alpha value is -3.25. The van der Waals surface area contributed by atoms with E-state index in [9.17, 15) is 17.6 Å². The molecule has 0 aliphatic carbocycles. The van der Waals surface area contributed by atoms with Crippen molar-refractivity contribution in [3.8, 4) is 22.5 Å². The van der Waals surface area contributed by atoms with Crippen molar-refractivity contribution in [3.05, 3.63) is 83.7 Å². The Kier molecular flexibility index (Phi) is 7.41. The summed E-state index contributed by atoms with van der Waals surface area (Å²) >= 11 is 0. The second kappa shape index (κ2) is 10.1. The smallest absolute Gasteiger partial charge is 0.224 e. The molecule has 4 nitrogen and oxygen atoms in total. The molecule has 0 aromatic carbocycles. The zero-order chi connectivity index (χ0) is 28.9. The maximum Gasteiger partial charge on any atom is 0.224 e. The van der Waals surface area contributed by atoms with E-state index in [0.29, 0.717) is 22.8 Å². The van der Waals surface area contributed by atoms with Gasteiger partial charge in [0.15, 0.2) is 0 Å². The summed E-state index contributed by atoms with van der Waals surface area (Å²) in [6, 6.07) is 12.7. The molecule has 0 aliphatic heterocycles. The number of pyridine rings is 4. The van der Waals surface area contributed by atoms with Gasteiger partial charge in [-0.1, -0.05) is 49.7 Å². The third-order valence-corrected chi connectivity index (χ3v) is 10.9. The Morgan fingerprint density at radius 1 is 0.538 bits per heavy atom. The van der Waals surface area contributed by atoms with Crippen LogP contribution >= 0.6 is 0 Å². The highest BCUT2D eigenvalue weighted by molar-refractivity contribution is 6.89. The van der Waals surface area contributed by atoms with Crippen LogP contribution in [0.4, 0.5) is 17.6 Å². The van der Waals surface area contributed by atoms with E-state index in [-0.39, 0.29) is 11.1 Å². The summed E-state index contributed by atoms with van der Waals surface area (Å²) in [6.45, 7) is 17.0. The number of halogens is 4. The SMILES string of the molecule is CC(C)(c1cc([Si](C)(C)C)cc(-c2ccc(F)nc2F)n1)c1cc([Si](C)(C)C)cc(-c2ccc(F)nc2F)n1. The first kappa shape index (κ1) is 28.8. The van der Waals surface area contributed by atoms with Crippen LogP contribution in [0.15, 0.2) is 48.5 Å². The molecule has 0 N–H and O–H groups in total. The van der Waals surface area contributed by atoms with E-state index >= 15 is 0 Å². The van der Waals surface area contributed by atoms with E-state index in [1.165, 1.54) is 12.1 Å². The van der Waals surface area contributed by atoms with Crippen LogP contribution in [0.5, 0.6) is 0 Å². The molecule has 4 aromatic rings. The molecule has 204 valence electrons. The second-order valence-corrected chi connectivity index (χ2v) is 22.5. The first-order valence-electron chi connectivity index (χ1n) is 12.7. The topological polar surface area (TPSA) is 51.6 Å². The normalized spacial score (nSPS) is 12.6. The van der Waals surface area contributed by atoms with Crippen molar-refractivity contribution in [2.75, 3.05) is 0 Å². The zero-order valence-corrected chi connectivity index (χ0v) is 25.4. The van der Waals surface area contributed by atoms with Gasteiger partial charge in [0.25, 0.3) is 0 Å². The summed E-state index contributed by atoms with van der Waals surface area (Å²) in [4.78, 5) is 16.4. The largest absolute Gasteiger partial charge is 0.252 e. The molecule has 0 saturated heterocycles. The summed E-state index contributed by atoms with van der Waals surface area (Å²) in [5, 5.41) is 2.07. The number of nitrogens with zero attached hydrogens (tertiary/aromatic N) is 4. The van der Waals surface area contributed by atoms with Crippen molar-refractivity contribution >= 4 is 26.5 Å². The highest BCUT2D eigenvalue weighted by Gasteiger charge is 2.32. The Bertz CT molecular complexity index is 1450. The van der Waals surface area contributed by atoms with Crippen molar-refractivity contribution in [2.24, 2.45) is 0 Å². The highest BCUT2D eigenvalue weighted by Crippen LogP contribution is 2.33. The lowest BCUT2D eigenvalue weighted by atomic mass is 9.84. The van der Waals surface area contributed by atoms with E-state index in [4.69, 9.17) is 9.97 Å². The monoisotopic (exact) mass is 568 g/mol. The molecular weight excluding hydrogens is 537 g/mol. The summed E-state index contributed by atoms with van der Waals surface area (Å²) in [7, 11) is -3.84. The lowest BCUT2D eigenvalue weighted by Crippen LogP contribution is -2.41. The molecule has 0 saturated carbocycles. The molecule has 0 spiro atoms. The molecule has 4 heterocycles. The van der Waals surface area contributed by atoms with E-state index in [2.05, 4.69) is 49.3 Å². The van der Waals surface area contributed by atoms with Crippen LogP contribution in [0.1, 0.15) is 25.2 Å². The van der Waals surface area contributed by atoms with Crippen LogP contribution < -0.4 is 10.4 Å². The Labute approximate surface area is 228 Å². The summed E-state index contributed by atoms with van der Waals surface area (Å²) in [5.74, 6) is -3.67. The average Bonchev–Trinajstić information content (AvgIpc) is 2.82. The second-order valence-electron chi connectivity index (χ2n) is 12.3. The summed E-state index contributed by atoms with van der Waals surface area (Å²) in [6.07, 6.45) is 0. The van der Waals surface area contributed by atoms with E-state index in [0.717, 1.165) is 22.5 Å². The fourth-order valence-electron chi connectivity index (χ4n) is 4.18. The van der Waals surface area contributed by atoms with Gasteiger partial charge >= 0.3 is 0 Å². The van der Waals surface area contributed by atoms with E-state index in [1.807, 2.05) is 38.1 Å². The van der Waals surface area contributed by atoms with Gasteiger partial charge in [-0.15, -0.1) is 0 Å². The number of hydrogen-bond acceptors (Lipinski definition) is 4. The zero-order valence-electron chi connectivity index (χ0n) is 23.4. The van der Waals surface area contributed by atoms with Gasteiger partial charge in [0, 0.05) is 5.41 Å². The third kappa shape index (κ3) is 6.01. The van der Waals surface area contributed by atoms with Gasteiger partial charge in [0.1, 0.15) is 0 Å². The predicted octanol–water partition coefficient (Wildman–Crippen LogP) is 6.57. The maximum absolute atomic E-state index is 14.8. The van der Waals surface area contributed by atoms with Crippen LogP contribution in [0.3, 0.4) is 0 Å². The lowest BCUT2D eigenvalue weighted by molar-refractivity contribution is 0.514. The molecule has 4 aromatic heterocycles. The van der Waals surface area contributed by atoms with Crippen LogP contribution in [0.2, 0.25) is 39.3 Å². The van der Waals surface area contributed by atoms with Crippen molar-refractivity contribution < 1.29 is 17.6 Å². The Morgan fingerprint density at radius 2 is 0.897 bits per heavy atom. The van der Waals surface area contributed by atoms with Gasteiger partial charge in [0.2, 0.25) is 23.8 Å². The van der Waals surface area contributed by atoms with Crippen LogP contribution in [0.25, 0.3) is 22.5 Å². The average molecular weight is 569 g/mol. The fourth-order valence-corrected chi connectivity index (χ4v) is 6.46. The number of hydrogen-bond donors (Lipinski definition) is 0. The maximum atomic E-state index is 14.8. The minimum atomic E-state index is -1.92. The van der Waals surface area contributed by atoms with Crippen LogP contribution in [-0.4, -0.2) is 36.1 Å². The van der Waals surface area contributed by atoms with Crippen LogP contribution in [0, 0.1) is 23.8 Å². The van der Waals surface area contributed by atoms with E-state index in [1.54, 1.807) is 0 Å². The molecule has 10 heteroatoms. The molecule has 39 heavy (non-hydrogen) atoms. The van der Waals surface area contributed by atoms with Gasteiger partial charge in [-0.25, -0.2) is 0 Å². The van der Waals surface area contributed by atoms with Crippen molar-refractivity contribution in [2.45, 2.75) is 58.5 Å². The molecule has 0 atom stereocenters. The Balaban J connectivity index is 1.97. The third-order valence-electron chi connectivity index (χ3n) is 6.84. The molecule has 0 unspecified atom stereocenters. The number of aromatic nitrogens is 4. The van der Waals surface area contributed by atoms with Gasteiger partial charge in [-0.2, -0.15) is 27.5 Å². The Morgan fingerprint density at radius 3 is 1.21 bits per heavy atom. The predicted molar refractivity (Wildman–Crippen MR) is 153 cm³/mol. The summed E-state index contributed by atoms with van der Waals surface area (Å²) in [5.41, 5.74) is 1.43. The minimum Gasteiger partial charge on any atom is -0.252 e. The fraction of sp³-hybridized carbons (Fsp3) is 0.310. The lowest BCUT2D eigenvalue weighted by Gasteiger charge is -2.29. The van der Waals surface area contributed by atoms with Crippen molar-refractivity contribution in [1.82, 2.24) is 19.9 Å². The van der Waals surface area contributed by atoms with Gasteiger partial charge in [-0.05, 0) is 62.4 Å². The van der Waals surface area contributed by atoms with Crippen LogP contribution in [-0.2, 0) is 5.41 Å². The number of rotatable bonds is 6. The van der Waals surface area contributed by atoms with Crippen molar-refractivity contribution in [1.29, 1.82) is 0 Å². The molecule has 0 radical (unpaired) electrons. The van der Waals surface area contributed by atoms with Crippen molar-refractivity contribution in [3.63, 3.8) is 0 Å². The standard InChI is InChI=1S/C29H32F4N4Si2/c1-29(2,23-15-17(38(3,4)5)13-21(34-23)19-9-11-25(30)36-27(19)32)24-16-18(39(6,7)8)14-22(35-24)20-10-12-26(31)37-28(20)33/h9-16H,1-8H3.